The van der Waals surface area contributed by atoms with E-state index in [4.69, 9.17) is 5.73 Å². The van der Waals surface area contributed by atoms with Crippen LogP contribution in [-0.2, 0) is 9.59 Å². The van der Waals surface area contributed by atoms with Crippen molar-refractivity contribution in [2.75, 3.05) is 19.6 Å². The molecule has 0 aromatic carbocycles. The molecule has 0 aromatic rings. The van der Waals surface area contributed by atoms with Gasteiger partial charge in [-0.25, -0.2) is 0 Å². The molecule has 0 aliphatic rings. The second kappa shape index (κ2) is 8.98. The standard InChI is InChI=1S/C12H25N3O2/c1-4-7-8-10(13)12(17)15(6-3)9-11(16)14-5-2/h10H,4-9,13H2,1-3H3,(H,14,16)/t10-/m0/s1. The van der Waals surface area contributed by atoms with Crippen molar-refractivity contribution in [2.24, 2.45) is 5.73 Å². The van der Waals surface area contributed by atoms with Gasteiger partial charge >= 0.3 is 0 Å². The lowest BCUT2D eigenvalue weighted by Crippen LogP contribution is -2.47. The van der Waals surface area contributed by atoms with E-state index in [9.17, 15) is 9.59 Å². The van der Waals surface area contributed by atoms with Gasteiger partial charge in [-0.05, 0) is 20.3 Å². The van der Waals surface area contributed by atoms with Crippen LogP contribution in [0.2, 0.25) is 0 Å². The average molecular weight is 243 g/mol. The number of unbranched alkanes of at least 4 members (excludes halogenated alkanes) is 1. The SMILES string of the molecule is CCCC[C@H](N)C(=O)N(CC)CC(=O)NCC. The van der Waals surface area contributed by atoms with Crippen molar-refractivity contribution in [3.63, 3.8) is 0 Å². The molecule has 100 valence electrons. The molecule has 0 aromatic heterocycles. The molecule has 0 fully saturated rings. The Morgan fingerprint density at radius 1 is 1.29 bits per heavy atom. The largest absolute Gasteiger partial charge is 0.355 e. The maximum atomic E-state index is 11.9. The molecule has 0 radical (unpaired) electrons. The molecule has 0 spiro atoms. The lowest BCUT2D eigenvalue weighted by molar-refractivity contribution is -0.137. The molecule has 1 atom stereocenters. The summed E-state index contributed by atoms with van der Waals surface area (Å²) in [4.78, 5) is 24.9. The first-order chi connectivity index (χ1) is 8.06. The molecule has 0 aliphatic carbocycles. The number of nitrogens with two attached hydrogens (primary N) is 1. The molecule has 3 N–H and O–H groups in total. The van der Waals surface area contributed by atoms with Crippen molar-refractivity contribution in [2.45, 2.75) is 46.1 Å². The summed E-state index contributed by atoms with van der Waals surface area (Å²) in [5.41, 5.74) is 5.81. The minimum absolute atomic E-state index is 0.100. The minimum Gasteiger partial charge on any atom is -0.355 e. The molecule has 0 rings (SSSR count). The molecular formula is C12H25N3O2. The zero-order valence-electron chi connectivity index (χ0n) is 11.2. The Kier molecular flexibility index (Phi) is 8.40. The zero-order valence-corrected chi connectivity index (χ0v) is 11.2. The van der Waals surface area contributed by atoms with Gasteiger partial charge in [0.1, 0.15) is 0 Å². The van der Waals surface area contributed by atoms with Crippen molar-refractivity contribution in [1.29, 1.82) is 0 Å². The number of carbonyl (C=O) groups is 2. The predicted octanol–water partition coefficient (Wildman–Crippen LogP) is 0.489. The molecule has 17 heavy (non-hydrogen) atoms. The van der Waals surface area contributed by atoms with Crippen LogP contribution in [0, 0.1) is 0 Å². The number of likely N-dealkylation sites (N-methyl/N-ethyl adjacent to an activating group) is 2. The summed E-state index contributed by atoms with van der Waals surface area (Å²) in [7, 11) is 0. The van der Waals surface area contributed by atoms with Crippen LogP contribution >= 0.6 is 0 Å². The van der Waals surface area contributed by atoms with Gasteiger partial charge in [0, 0.05) is 13.1 Å². The second-order valence-corrected chi connectivity index (χ2v) is 4.05. The molecule has 0 unspecified atom stereocenters. The Morgan fingerprint density at radius 3 is 2.41 bits per heavy atom. The third kappa shape index (κ3) is 6.26. The third-order valence-electron chi connectivity index (χ3n) is 2.59. The van der Waals surface area contributed by atoms with Crippen LogP contribution in [0.15, 0.2) is 0 Å². The summed E-state index contributed by atoms with van der Waals surface area (Å²) < 4.78 is 0. The van der Waals surface area contributed by atoms with Gasteiger partial charge in [0.15, 0.2) is 0 Å². The van der Waals surface area contributed by atoms with Gasteiger partial charge in [0.05, 0.1) is 12.6 Å². The van der Waals surface area contributed by atoms with Crippen LogP contribution < -0.4 is 11.1 Å². The molecule has 5 nitrogen and oxygen atoms in total. The Labute approximate surface area is 104 Å². The van der Waals surface area contributed by atoms with Crippen LogP contribution in [0.5, 0.6) is 0 Å². The third-order valence-corrected chi connectivity index (χ3v) is 2.59. The van der Waals surface area contributed by atoms with Gasteiger partial charge in [-0.3, -0.25) is 9.59 Å². The van der Waals surface area contributed by atoms with Crippen molar-refractivity contribution < 1.29 is 9.59 Å². The minimum atomic E-state index is -0.482. The smallest absolute Gasteiger partial charge is 0.239 e. The van der Waals surface area contributed by atoms with Crippen molar-refractivity contribution in [3.8, 4) is 0 Å². The number of nitrogens with one attached hydrogen (secondary N) is 1. The van der Waals surface area contributed by atoms with E-state index >= 15 is 0 Å². The van der Waals surface area contributed by atoms with Gasteiger partial charge in [0.25, 0.3) is 0 Å². The molecule has 0 bridgehead atoms. The molecule has 2 amide bonds. The monoisotopic (exact) mass is 243 g/mol. The number of rotatable bonds is 8. The summed E-state index contributed by atoms with van der Waals surface area (Å²) in [6.07, 6.45) is 2.64. The Balaban J connectivity index is 4.24. The fourth-order valence-corrected chi connectivity index (χ4v) is 1.55. The van der Waals surface area contributed by atoms with Crippen molar-refractivity contribution in [3.05, 3.63) is 0 Å². The van der Waals surface area contributed by atoms with Gasteiger partial charge < -0.3 is 16.0 Å². The molecule has 5 heteroatoms. The topological polar surface area (TPSA) is 75.4 Å². The lowest BCUT2D eigenvalue weighted by atomic mass is 10.1. The van der Waals surface area contributed by atoms with E-state index in [1.807, 2.05) is 13.8 Å². The number of amides is 2. The Hall–Kier alpha value is -1.10. The summed E-state index contributed by atoms with van der Waals surface area (Å²) in [6.45, 7) is 6.95. The quantitative estimate of drug-likeness (QED) is 0.651. The van der Waals surface area contributed by atoms with E-state index in [2.05, 4.69) is 12.2 Å². The van der Waals surface area contributed by atoms with Crippen LogP contribution in [0.25, 0.3) is 0 Å². The second-order valence-electron chi connectivity index (χ2n) is 4.05. The number of hydrogen-bond donors (Lipinski definition) is 2. The van der Waals surface area contributed by atoms with Gasteiger partial charge in [-0.2, -0.15) is 0 Å². The highest BCUT2D eigenvalue weighted by Crippen LogP contribution is 2.02. The molecular weight excluding hydrogens is 218 g/mol. The fourth-order valence-electron chi connectivity index (χ4n) is 1.55. The van der Waals surface area contributed by atoms with E-state index < -0.39 is 6.04 Å². The van der Waals surface area contributed by atoms with Gasteiger partial charge in [-0.1, -0.05) is 19.8 Å². The van der Waals surface area contributed by atoms with E-state index in [1.54, 1.807) is 0 Å². The van der Waals surface area contributed by atoms with Crippen LogP contribution in [0.1, 0.15) is 40.0 Å². The summed E-state index contributed by atoms with van der Waals surface area (Å²) in [5, 5.41) is 2.67. The Morgan fingerprint density at radius 2 is 1.94 bits per heavy atom. The summed E-state index contributed by atoms with van der Waals surface area (Å²) in [6, 6.07) is -0.482. The van der Waals surface area contributed by atoms with Gasteiger partial charge in [0.2, 0.25) is 11.8 Å². The first-order valence-electron chi connectivity index (χ1n) is 6.37. The summed E-state index contributed by atoms with van der Waals surface area (Å²) >= 11 is 0. The predicted molar refractivity (Wildman–Crippen MR) is 68.4 cm³/mol. The van der Waals surface area contributed by atoms with Gasteiger partial charge in [-0.15, -0.1) is 0 Å². The first-order valence-corrected chi connectivity index (χ1v) is 6.37. The van der Waals surface area contributed by atoms with Crippen LogP contribution in [-0.4, -0.2) is 42.4 Å². The normalized spacial score (nSPS) is 12.0. The average Bonchev–Trinajstić information content (AvgIpc) is 2.32. The van der Waals surface area contributed by atoms with Crippen LogP contribution in [0.4, 0.5) is 0 Å². The fraction of sp³-hybridized carbons (Fsp3) is 0.833. The lowest BCUT2D eigenvalue weighted by Gasteiger charge is -2.23. The Bertz CT molecular complexity index is 244. The van der Waals surface area contributed by atoms with Crippen molar-refractivity contribution >= 4 is 11.8 Å². The number of nitrogens with zero attached hydrogens (tertiary/aromatic N) is 1. The number of hydrogen-bond acceptors (Lipinski definition) is 3. The van der Waals surface area contributed by atoms with E-state index in [1.165, 1.54) is 4.90 Å². The molecule has 0 aliphatic heterocycles. The zero-order chi connectivity index (χ0) is 13.3. The maximum absolute atomic E-state index is 11.9. The summed E-state index contributed by atoms with van der Waals surface area (Å²) in [5.74, 6) is -0.266. The highest BCUT2D eigenvalue weighted by molar-refractivity contribution is 5.87. The first kappa shape index (κ1) is 15.9. The molecule has 0 heterocycles. The highest BCUT2D eigenvalue weighted by Gasteiger charge is 2.20. The van der Waals surface area contributed by atoms with Crippen LogP contribution in [0.3, 0.4) is 0 Å². The van der Waals surface area contributed by atoms with E-state index in [0.717, 1.165) is 12.8 Å². The number of carbonyl (C=O) groups excluding carboxylic acids is 2. The highest BCUT2D eigenvalue weighted by atomic mass is 16.2. The van der Waals surface area contributed by atoms with E-state index in [-0.39, 0.29) is 18.4 Å². The molecule has 0 saturated carbocycles. The maximum Gasteiger partial charge on any atom is 0.239 e. The van der Waals surface area contributed by atoms with Crippen molar-refractivity contribution in [1.82, 2.24) is 10.2 Å². The van der Waals surface area contributed by atoms with E-state index in [0.29, 0.717) is 19.5 Å². The molecule has 0 saturated heterocycles.